The zero-order valence-corrected chi connectivity index (χ0v) is 20.9. The quantitative estimate of drug-likeness (QED) is 0.236. The Balaban J connectivity index is 0.00000289. The van der Waals surface area contributed by atoms with Crippen LogP contribution >= 0.6 is 24.0 Å². The number of aromatic nitrogens is 3. The molecule has 2 aliphatic heterocycles. The number of anilines is 1. The summed E-state index contributed by atoms with van der Waals surface area (Å²) in [6, 6.07) is 8.07. The number of carbonyl (C=O) groups is 1. The highest BCUT2D eigenvalue weighted by Crippen LogP contribution is 2.21. The molecule has 4 rings (SSSR count). The summed E-state index contributed by atoms with van der Waals surface area (Å²) in [5, 5.41) is 11.1. The van der Waals surface area contributed by atoms with Crippen molar-refractivity contribution >= 4 is 41.5 Å². The van der Waals surface area contributed by atoms with Crippen molar-refractivity contribution in [1.82, 2.24) is 25.0 Å². The molecule has 0 bridgehead atoms. The fraction of sp³-hybridized carbons (Fsp3) is 0.545. The van der Waals surface area contributed by atoms with Crippen LogP contribution in [0.4, 0.5) is 5.69 Å². The molecule has 1 aromatic heterocycles. The van der Waals surface area contributed by atoms with E-state index >= 15 is 0 Å². The van der Waals surface area contributed by atoms with Crippen LogP contribution in [0.5, 0.6) is 0 Å². The van der Waals surface area contributed by atoms with Gasteiger partial charge in [0.15, 0.2) is 5.96 Å². The molecule has 0 atom stereocenters. The van der Waals surface area contributed by atoms with Gasteiger partial charge in [-0.2, -0.15) is 5.10 Å². The summed E-state index contributed by atoms with van der Waals surface area (Å²) in [5.41, 5.74) is 2.09. The second-order valence-corrected chi connectivity index (χ2v) is 8.05. The smallest absolute Gasteiger partial charge is 0.345 e. The maximum Gasteiger partial charge on any atom is 0.345 e. The predicted molar refractivity (Wildman–Crippen MR) is 136 cm³/mol. The lowest BCUT2D eigenvalue weighted by Crippen LogP contribution is -2.38. The van der Waals surface area contributed by atoms with Crippen molar-refractivity contribution in [3.63, 3.8) is 0 Å². The van der Waals surface area contributed by atoms with E-state index in [9.17, 15) is 9.59 Å². The number of aliphatic imine (C=N–C) groups is 1. The minimum absolute atomic E-state index is 0. The van der Waals surface area contributed by atoms with Gasteiger partial charge >= 0.3 is 5.69 Å². The normalized spacial score (nSPS) is 16.0. The number of hydrogen-bond donors (Lipinski definition) is 2. The maximum absolute atomic E-state index is 12.4. The van der Waals surface area contributed by atoms with Crippen LogP contribution in [0.25, 0.3) is 0 Å². The van der Waals surface area contributed by atoms with E-state index in [0.717, 1.165) is 68.2 Å². The monoisotopic (exact) mass is 553 g/mol. The molecule has 9 nitrogen and oxygen atoms in total. The van der Waals surface area contributed by atoms with Crippen molar-refractivity contribution in [2.75, 3.05) is 25.0 Å². The minimum atomic E-state index is 0. The third-order valence-electron chi connectivity index (χ3n) is 5.88. The zero-order valence-electron chi connectivity index (χ0n) is 18.5. The number of nitrogens with one attached hydrogen (secondary N) is 2. The third-order valence-corrected chi connectivity index (χ3v) is 5.88. The van der Waals surface area contributed by atoms with Crippen LogP contribution in [0, 0.1) is 0 Å². The van der Waals surface area contributed by atoms with E-state index < -0.39 is 0 Å². The molecule has 2 aromatic rings. The van der Waals surface area contributed by atoms with E-state index in [-0.39, 0.29) is 35.6 Å². The molecule has 2 aliphatic rings. The average Bonchev–Trinajstić information content (AvgIpc) is 3.37. The lowest BCUT2D eigenvalue weighted by atomic mass is 10.2. The number of amides is 1. The van der Waals surface area contributed by atoms with Crippen molar-refractivity contribution in [1.29, 1.82) is 0 Å². The Bertz CT molecular complexity index is 997. The molecular weight excluding hydrogens is 521 g/mol. The fourth-order valence-corrected chi connectivity index (χ4v) is 4.15. The Kier molecular flexibility index (Phi) is 8.71. The van der Waals surface area contributed by atoms with Gasteiger partial charge in [-0.05, 0) is 43.4 Å². The van der Waals surface area contributed by atoms with Crippen molar-refractivity contribution in [2.45, 2.75) is 58.2 Å². The number of benzene rings is 1. The fourth-order valence-electron chi connectivity index (χ4n) is 4.15. The number of aryl methyl sites for hydroxylation is 2. The van der Waals surface area contributed by atoms with Crippen molar-refractivity contribution in [3.05, 3.63) is 46.1 Å². The van der Waals surface area contributed by atoms with Gasteiger partial charge in [0.2, 0.25) is 5.91 Å². The van der Waals surface area contributed by atoms with Crippen molar-refractivity contribution < 1.29 is 4.79 Å². The van der Waals surface area contributed by atoms with Gasteiger partial charge in [0.05, 0.1) is 0 Å². The standard InChI is InChI=1S/C22H31N7O2.HI/c1-23-21(24-12-5-15-29-22(31)28-13-3-2-6-19(28)26-29)25-16-17-8-10-18(11-9-17)27-14-4-7-20(27)30;/h8-11H,2-7,12-16H2,1H3,(H2,23,24,25);1H. The highest BCUT2D eigenvalue weighted by atomic mass is 127. The van der Waals surface area contributed by atoms with Crippen molar-refractivity contribution in [2.24, 2.45) is 4.99 Å². The topological polar surface area (TPSA) is 96.6 Å². The van der Waals surface area contributed by atoms with E-state index in [0.29, 0.717) is 26.1 Å². The van der Waals surface area contributed by atoms with Crippen LogP contribution < -0.4 is 21.2 Å². The Morgan fingerprint density at radius 3 is 2.56 bits per heavy atom. The molecule has 32 heavy (non-hydrogen) atoms. The molecule has 1 fully saturated rings. The molecule has 1 saturated heterocycles. The van der Waals surface area contributed by atoms with Crippen LogP contribution in [0.2, 0.25) is 0 Å². The van der Waals surface area contributed by atoms with Gasteiger partial charge in [0.25, 0.3) is 0 Å². The predicted octanol–water partition coefficient (Wildman–Crippen LogP) is 1.88. The molecule has 0 spiro atoms. The van der Waals surface area contributed by atoms with Gasteiger partial charge in [-0.1, -0.05) is 12.1 Å². The summed E-state index contributed by atoms with van der Waals surface area (Å²) in [4.78, 5) is 30.3. The average molecular weight is 553 g/mol. The molecule has 2 N–H and O–H groups in total. The molecule has 0 saturated carbocycles. The van der Waals surface area contributed by atoms with Crippen molar-refractivity contribution in [3.8, 4) is 0 Å². The van der Waals surface area contributed by atoms with Crippen LogP contribution in [-0.2, 0) is 30.8 Å². The molecule has 1 aromatic carbocycles. The zero-order chi connectivity index (χ0) is 21.6. The summed E-state index contributed by atoms with van der Waals surface area (Å²) < 4.78 is 3.40. The second kappa shape index (κ2) is 11.5. The Hall–Kier alpha value is -2.37. The Morgan fingerprint density at radius 1 is 1.06 bits per heavy atom. The molecular formula is C22H32IN7O2. The van der Waals surface area contributed by atoms with E-state index in [2.05, 4.69) is 20.7 Å². The number of fused-ring (bicyclic) bond motifs is 1. The Labute approximate surface area is 205 Å². The lowest BCUT2D eigenvalue weighted by Gasteiger charge is -2.16. The molecule has 0 aliphatic carbocycles. The SMILES string of the molecule is CN=C(NCCCn1nc2n(c1=O)CCCC2)NCc1ccc(N2CCCC2=O)cc1.I. The summed E-state index contributed by atoms with van der Waals surface area (Å²) in [5.74, 6) is 1.84. The van der Waals surface area contributed by atoms with Gasteiger partial charge in [0.1, 0.15) is 5.82 Å². The largest absolute Gasteiger partial charge is 0.356 e. The summed E-state index contributed by atoms with van der Waals surface area (Å²) in [6.45, 7) is 3.53. The first kappa shape index (κ1) is 24.3. The molecule has 0 radical (unpaired) electrons. The van der Waals surface area contributed by atoms with Crippen LogP contribution in [0.3, 0.4) is 0 Å². The molecule has 1 amide bonds. The van der Waals surface area contributed by atoms with E-state index in [1.807, 2.05) is 33.7 Å². The first-order valence-corrected chi connectivity index (χ1v) is 11.2. The maximum atomic E-state index is 12.4. The molecule has 0 unspecified atom stereocenters. The van der Waals surface area contributed by atoms with E-state index in [4.69, 9.17) is 0 Å². The first-order valence-electron chi connectivity index (χ1n) is 11.2. The van der Waals surface area contributed by atoms with Gasteiger partial charge < -0.3 is 15.5 Å². The molecule has 3 heterocycles. The van der Waals surface area contributed by atoms with Gasteiger partial charge in [-0.3, -0.25) is 14.4 Å². The number of rotatable bonds is 7. The molecule has 10 heteroatoms. The van der Waals surface area contributed by atoms with E-state index in [1.54, 1.807) is 11.7 Å². The number of hydrogen-bond acceptors (Lipinski definition) is 4. The summed E-state index contributed by atoms with van der Waals surface area (Å²) in [6.07, 6.45) is 5.42. The first-order chi connectivity index (χ1) is 15.2. The highest BCUT2D eigenvalue weighted by molar-refractivity contribution is 14.0. The van der Waals surface area contributed by atoms with Gasteiger partial charge in [0, 0.05) is 58.3 Å². The summed E-state index contributed by atoms with van der Waals surface area (Å²) >= 11 is 0. The summed E-state index contributed by atoms with van der Waals surface area (Å²) in [7, 11) is 1.74. The Morgan fingerprint density at radius 2 is 1.88 bits per heavy atom. The number of nitrogens with zero attached hydrogens (tertiary/aromatic N) is 5. The van der Waals surface area contributed by atoms with Crippen LogP contribution in [0.15, 0.2) is 34.1 Å². The highest BCUT2D eigenvalue weighted by Gasteiger charge is 2.21. The second-order valence-electron chi connectivity index (χ2n) is 8.05. The lowest BCUT2D eigenvalue weighted by molar-refractivity contribution is -0.117. The van der Waals surface area contributed by atoms with Crippen LogP contribution in [-0.4, -0.2) is 46.4 Å². The van der Waals surface area contributed by atoms with Crippen LogP contribution in [0.1, 0.15) is 43.5 Å². The van der Waals surface area contributed by atoms with Gasteiger partial charge in [-0.25, -0.2) is 9.48 Å². The van der Waals surface area contributed by atoms with E-state index in [1.165, 1.54) is 0 Å². The third kappa shape index (κ3) is 5.70. The molecule has 174 valence electrons. The number of carbonyl (C=O) groups excluding carboxylic acids is 1. The number of guanidine groups is 1. The van der Waals surface area contributed by atoms with Gasteiger partial charge in [-0.15, -0.1) is 24.0 Å². The minimum Gasteiger partial charge on any atom is -0.356 e. The number of halogens is 1.